The van der Waals surface area contributed by atoms with Crippen molar-refractivity contribution in [3.63, 3.8) is 0 Å². The van der Waals surface area contributed by atoms with Gasteiger partial charge in [-0.1, -0.05) is 6.08 Å². The van der Waals surface area contributed by atoms with Crippen molar-refractivity contribution in [1.82, 2.24) is 10.6 Å². The predicted molar refractivity (Wildman–Crippen MR) is 37.0 cm³/mol. The lowest BCUT2D eigenvalue weighted by Crippen LogP contribution is -2.28. The van der Waals surface area contributed by atoms with Crippen LogP contribution in [0, 0.1) is 0 Å². The van der Waals surface area contributed by atoms with Crippen LogP contribution in [0.25, 0.3) is 0 Å². The van der Waals surface area contributed by atoms with E-state index in [0.29, 0.717) is 6.41 Å². The van der Waals surface area contributed by atoms with Crippen LogP contribution < -0.4 is 10.6 Å². The molecular weight excluding hydrogens is 132 g/mol. The molecule has 0 aromatic heterocycles. The zero-order valence-corrected chi connectivity index (χ0v) is 5.97. The van der Waals surface area contributed by atoms with E-state index in [1.165, 1.54) is 13.1 Å². The largest absolute Gasteiger partial charge is 0.354 e. The molecule has 0 aliphatic rings. The van der Waals surface area contributed by atoms with Gasteiger partial charge in [0.25, 0.3) is 5.91 Å². The van der Waals surface area contributed by atoms with Crippen LogP contribution in [0.5, 0.6) is 0 Å². The number of likely N-dealkylation sites (N-methyl/N-ethyl adjacent to an activating group) is 1. The molecule has 2 amide bonds. The summed E-state index contributed by atoms with van der Waals surface area (Å²) in [6.07, 6.45) is 1.98. The zero-order chi connectivity index (χ0) is 7.98. The Labute approximate surface area is 59.3 Å². The molecule has 0 heterocycles. The lowest BCUT2D eigenvalue weighted by atomic mass is 10.4. The lowest BCUT2D eigenvalue weighted by Gasteiger charge is -2.00. The van der Waals surface area contributed by atoms with Crippen molar-refractivity contribution in [2.24, 2.45) is 0 Å². The van der Waals surface area contributed by atoms with Gasteiger partial charge in [0.15, 0.2) is 0 Å². The summed E-state index contributed by atoms with van der Waals surface area (Å²) in [5, 5.41) is 4.62. The maximum absolute atomic E-state index is 10.7. The molecule has 0 radical (unpaired) electrons. The summed E-state index contributed by atoms with van der Waals surface area (Å²) in [5.41, 5.74) is 0.262. The maximum atomic E-state index is 10.7. The second-order valence-electron chi connectivity index (χ2n) is 1.54. The molecule has 0 aliphatic carbocycles. The van der Waals surface area contributed by atoms with Gasteiger partial charge in [0, 0.05) is 7.05 Å². The molecule has 0 saturated carbocycles. The summed E-state index contributed by atoms with van der Waals surface area (Å²) in [4.78, 5) is 20.6. The Morgan fingerprint density at radius 2 is 2.10 bits per heavy atom. The number of hydrogen-bond donors (Lipinski definition) is 2. The van der Waals surface area contributed by atoms with Crippen LogP contribution in [-0.2, 0) is 9.59 Å². The van der Waals surface area contributed by atoms with E-state index in [4.69, 9.17) is 0 Å². The standard InChI is InChI=1S/C6H10N2O2/c1-3-5(8-4-9)6(10)7-2/h3-4H,1-2H3,(H,7,10)(H,8,9)/b5-3-. The average Bonchev–Trinajstić information content (AvgIpc) is 1.99. The molecule has 0 bridgehead atoms. The molecule has 10 heavy (non-hydrogen) atoms. The second kappa shape index (κ2) is 4.55. The monoisotopic (exact) mass is 142 g/mol. The average molecular weight is 142 g/mol. The normalized spacial score (nSPS) is 10.4. The first kappa shape index (κ1) is 8.68. The molecular formula is C6H10N2O2. The van der Waals surface area contributed by atoms with Crippen molar-refractivity contribution in [2.75, 3.05) is 7.05 Å². The van der Waals surface area contributed by atoms with Crippen molar-refractivity contribution in [2.45, 2.75) is 6.92 Å². The molecule has 0 unspecified atom stereocenters. The maximum Gasteiger partial charge on any atom is 0.267 e. The van der Waals surface area contributed by atoms with Crippen molar-refractivity contribution in [3.05, 3.63) is 11.8 Å². The highest BCUT2D eigenvalue weighted by Gasteiger charge is 2.02. The van der Waals surface area contributed by atoms with Gasteiger partial charge in [-0.2, -0.15) is 0 Å². The van der Waals surface area contributed by atoms with Crippen LogP contribution in [0.3, 0.4) is 0 Å². The van der Waals surface area contributed by atoms with E-state index in [1.807, 2.05) is 0 Å². The molecule has 0 fully saturated rings. The van der Waals surface area contributed by atoms with E-state index in [1.54, 1.807) is 6.92 Å². The Balaban J connectivity index is 4.08. The van der Waals surface area contributed by atoms with E-state index in [-0.39, 0.29) is 11.6 Å². The van der Waals surface area contributed by atoms with Gasteiger partial charge in [0.1, 0.15) is 5.70 Å². The number of amides is 2. The Morgan fingerprint density at radius 3 is 2.40 bits per heavy atom. The van der Waals surface area contributed by atoms with Gasteiger partial charge in [-0.25, -0.2) is 0 Å². The number of rotatable bonds is 3. The fourth-order valence-corrected chi connectivity index (χ4v) is 0.478. The van der Waals surface area contributed by atoms with Crippen molar-refractivity contribution >= 4 is 12.3 Å². The fourth-order valence-electron chi connectivity index (χ4n) is 0.478. The zero-order valence-electron chi connectivity index (χ0n) is 5.97. The van der Waals surface area contributed by atoms with Crippen LogP contribution in [0.15, 0.2) is 11.8 Å². The highest BCUT2D eigenvalue weighted by atomic mass is 16.2. The van der Waals surface area contributed by atoms with Crippen LogP contribution in [0.1, 0.15) is 6.92 Å². The Morgan fingerprint density at radius 1 is 1.50 bits per heavy atom. The molecule has 0 atom stereocenters. The molecule has 4 nitrogen and oxygen atoms in total. The minimum absolute atomic E-state index is 0.262. The van der Waals surface area contributed by atoms with E-state index >= 15 is 0 Å². The van der Waals surface area contributed by atoms with E-state index < -0.39 is 0 Å². The highest BCUT2D eigenvalue weighted by Crippen LogP contribution is 1.84. The quantitative estimate of drug-likeness (QED) is 0.407. The molecule has 0 aromatic carbocycles. The molecule has 0 rings (SSSR count). The summed E-state index contributed by atoms with van der Waals surface area (Å²) in [7, 11) is 1.50. The van der Waals surface area contributed by atoms with Crippen molar-refractivity contribution in [1.29, 1.82) is 0 Å². The molecule has 56 valence electrons. The first-order valence-electron chi connectivity index (χ1n) is 2.84. The molecule has 0 aliphatic heterocycles. The summed E-state index contributed by atoms with van der Waals surface area (Å²) >= 11 is 0. The third kappa shape index (κ3) is 2.30. The highest BCUT2D eigenvalue weighted by molar-refractivity contribution is 5.94. The summed E-state index contributed by atoms with van der Waals surface area (Å²) in [6, 6.07) is 0. The number of nitrogens with one attached hydrogen (secondary N) is 2. The van der Waals surface area contributed by atoms with E-state index in [9.17, 15) is 9.59 Å². The minimum atomic E-state index is -0.297. The molecule has 0 aromatic rings. The van der Waals surface area contributed by atoms with E-state index in [2.05, 4.69) is 10.6 Å². The van der Waals surface area contributed by atoms with Gasteiger partial charge in [0.05, 0.1) is 0 Å². The molecule has 4 heteroatoms. The summed E-state index contributed by atoms with van der Waals surface area (Å²) < 4.78 is 0. The summed E-state index contributed by atoms with van der Waals surface area (Å²) in [6.45, 7) is 1.67. The SMILES string of the molecule is C/C=C(\NC=O)C(=O)NC. The van der Waals surface area contributed by atoms with Crippen molar-refractivity contribution in [3.8, 4) is 0 Å². The van der Waals surface area contributed by atoms with Gasteiger partial charge in [-0.3, -0.25) is 9.59 Å². The van der Waals surface area contributed by atoms with Gasteiger partial charge >= 0.3 is 0 Å². The smallest absolute Gasteiger partial charge is 0.267 e. The van der Waals surface area contributed by atoms with E-state index in [0.717, 1.165) is 0 Å². The first-order valence-corrected chi connectivity index (χ1v) is 2.84. The number of hydrogen-bond acceptors (Lipinski definition) is 2. The molecule has 0 spiro atoms. The first-order chi connectivity index (χ1) is 4.76. The Kier molecular flexibility index (Phi) is 3.95. The van der Waals surface area contributed by atoms with Crippen LogP contribution >= 0.6 is 0 Å². The second-order valence-corrected chi connectivity index (χ2v) is 1.54. The summed E-state index contributed by atoms with van der Waals surface area (Å²) in [5.74, 6) is -0.297. The number of allylic oxidation sites excluding steroid dienone is 1. The third-order valence-corrected chi connectivity index (χ3v) is 0.975. The Hall–Kier alpha value is -1.32. The number of carbonyl (C=O) groups is 2. The van der Waals surface area contributed by atoms with Gasteiger partial charge in [0.2, 0.25) is 6.41 Å². The predicted octanol–water partition coefficient (Wildman–Crippen LogP) is -0.618. The number of carbonyl (C=O) groups excluding carboxylic acids is 2. The lowest BCUT2D eigenvalue weighted by molar-refractivity contribution is -0.119. The van der Waals surface area contributed by atoms with Gasteiger partial charge in [-0.05, 0) is 6.92 Å². The van der Waals surface area contributed by atoms with Crippen LogP contribution in [0.2, 0.25) is 0 Å². The van der Waals surface area contributed by atoms with Crippen LogP contribution in [0.4, 0.5) is 0 Å². The topological polar surface area (TPSA) is 58.2 Å². The minimum Gasteiger partial charge on any atom is -0.354 e. The fraction of sp³-hybridized carbons (Fsp3) is 0.333. The molecule has 2 N–H and O–H groups in total. The Bertz CT molecular complexity index is 163. The van der Waals surface area contributed by atoms with Gasteiger partial charge in [-0.15, -0.1) is 0 Å². The van der Waals surface area contributed by atoms with Gasteiger partial charge < -0.3 is 10.6 Å². The van der Waals surface area contributed by atoms with Crippen molar-refractivity contribution < 1.29 is 9.59 Å². The third-order valence-electron chi connectivity index (χ3n) is 0.975. The molecule has 0 saturated heterocycles. The van der Waals surface area contributed by atoms with Crippen LogP contribution in [-0.4, -0.2) is 19.4 Å².